The second kappa shape index (κ2) is 8.12. The standard InChI is InChI=1S/C21H23N3O4/c1-14-12-19(25)22-17-6-4-5-7-18(17)24(14)20(26)13-28-21(27)15-8-10-16(11-9-15)23(2)3/h4-11,14H,12-13H2,1-3H3,(H,22,25). The molecule has 0 spiro atoms. The predicted molar refractivity (Wildman–Crippen MR) is 108 cm³/mol. The van der Waals surface area contributed by atoms with E-state index >= 15 is 0 Å². The third kappa shape index (κ3) is 4.14. The highest BCUT2D eigenvalue weighted by Gasteiger charge is 2.30. The van der Waals surface area contributed by atoms with Crippen molar-refractivity contribution in [2.24, 2.45) is 0 Å². The largest absolute Gasteiger partial charge is 0.452 e. The molecule has 1 aliphatic rings. The van der Waals surface area contributed by atoms with Crippen molar-refractivity contribution in [3.8, 4) is 0 Å². The van der Waals surface area contributed by atoms with Gasteiger partial charge in [-0.1, -0.05) is 12.1 Å². The number of carbonyl (C=O) groups is 3. The van der Waals surface area contributed by atoms with E-state index in [1.807, 2.05) is 31.1 Å². The number of carbonyl (C=O) groups excluding carboxylic acids is 3. The number of nitrogens with zero attached hydrogens (tertiary/aromatic N) is 2. The van der Waals surface area contributed by atoms with E-state index in [0.717, 1.165) is 5.69 Å². The molecule has 0 fully saturated rings. The molecule has 3 rings (SSSR count). The van der Waals surface area contributed by atoms with Gasteiger partial charge < -0.3 is 19.9 Å². The van der Waals surface area contributed by atoms with Gasteiger partial charge >= 0.3 is 5.97 Å². The van der Waals surface area contributed by atoms with Gasteiger partial charge in [-0.25, -0.2) is 4.79 Å². The van der Waals surface area contributed by atoms with Crippen molar-refractivity contribution >= 4 is 34.8 Å². The number of benzene rings is 2. The van der Waals surface area contributed by atoms with E-state index in [1.165, 1.54) is 4.90 Å². The first-order valence-electron chi connectivity index (χ1n) is 9.02. The Bertz CT molecular complexity index is 893. The Balaban J connectivity index is 1.71. The quantitative estimate of drug-likeness (QED) is 0.824. The molecule has 2 amide bonds. The molecule has 2 aromatic carbocycles. The van der Waals surface area contributed by atoms with Crippen molar-refractivity contribution in [3.05, 3.63) is 54.1 Å². The molecule has 0 bridgehead atoms. The lowest BCUT2D eigenvalue weighted by Gasteiger charge is -2.27. The third-order valence-electron chi connectivity index (χ3n) is 4.57. The molecule has 7 nitrogen and oxygen atoms in total. The van der Waals surface area contributed by atoms with Crippen LogP contribution < -0.4 is 15.1 Å². The van der Waals surface area contributed by atoms with Gasteiger partial charge in [0.15, 0.2) is 6.61 Å². The molecular formula is C21H23N3O4. The highest BCUT2D eigenvalue weighted by molar-refractivity contribution is 6.05. The van der Waals surface area contributed by atoms with E-state index in [9.17, 15) is 14.4 Å². The van der Waals surface area contributed by atoms with Crippen LogP contribution in [-0.4, -0.2) is 44.5 Å². The van der Waals surface area contributed by atoms with Crippen LogP contribution in [-0.2, 0) is 14.3 Å². The zero-order valence-electron chi connectivity index (χ0n) is 16.1. The van der Waals surface area contributed by atoms with Crippen LogP contribution in [0.15, 0.2) is 48.5 Å². The molecule has 28 heavy (non-hydrogen) atoms. The van der Waals surface area contributed by atoms with Crippen LogP contribution in [0, 0.1) is 0 Å². The van der Waals surface area contributed by atoms with Crippen LogP contribution in [0.3, 0.4) is 0 Å². The van der Waals surface area contributed by atoms with Gasteiger partial charge in [0.2, 0.25) is 5.91 Å². The lowest BCUT2D eigenvalue weighted by atomic mass is 10.1. The second-order valence-corrected chi connectivity index (χ2v) is 6.90. The lowest BCUT2D eigenvalue weighted by molar-refractivity contribution is -0.122. The maximum absolute atomic E-state index is 12.8. The number of amides is 2. The smallest absolute Gasteiger partial charge is 0.338 e. The van der Waals surface area contributed by atoms with Crippen molar-refractivity contribution in [2.75, 3.05) is 35.8 Å². The van der Waals surface area contributed by atoms with E-state index in [-0.39, 0.29) is 24.3 Å². The molecule has 1 N–H and O–H groups in total. The molecule has 1 aliphatic heterocycles. The van der Waals surface area contributed by atoms with Crippen molar-refractivity contribution in [1.29, 1.82) is 0 Å². The Morgan fingerprint density at radius 2 is 1.82 bits per heavy atom. The SMILES string of the molecule is CC1CC(=O)Nc2ccccc2N1C(=O)COC(=O)c1ccc(N(C)C)cc1. The first kappa shape index (κ1) is 19.4. The highest BCUT2D eigenvalue weighted by Crippen LogP contribution is 2.31. The maximum Gasteiger partial charge on any atom is 0.338 e. The van der Waals surface area contributed by atoms with Crippen molar-refractivity contribution in [2.45, 2.75) is 19.4 Å². The molecule has 1 heterocycles. The summed E-state index contributed by atoms with van der Waals surface area (Å²) in [5.41, 5.74) is 2.49. The number of fused-ring (bicyclic) bond motifs is 1. The lowest BCUT2D eigenvalue weighted by Crippen LogP contribution is -2.41. The zero-order chi connectivity index (χ0) is 20.3. The Morgan fingerprint density at radius 1 is 1.14 bits per heavy atom. The molecule has 1 unspecified atom stereocenters. The molecule has 0 aromatic heterocycles. The average Bonchev–Trinajstić information content (AvgIpc) is 2.80. The van der Waals surface area contributed by atoms with Crippen molar-refractivity contribution in [3.63, 3.8) is 0 Å². The number of para-hydroxylation sites is 2. The molecular weight excluding hydrogens is 358 g/mol. The van der Waals surface area contributed by atoms with E-state index in [0.29, 0.717) is 16.9 Å². The molecule has 0 saturated carbocycles. The van der Waals surface area contributed by atoms with Crippen molar-refractivity contribution < 1.29 is 19.1 Å². The van der Waals surface area contributed by atoms with E-state index in [4.69, 9.17) is 4.74 Å². The predicted octanol–water partition coefficient (Wildman–Crippen LogP) is 2.67. The van der Waals surface area contributed by atoms with Gasteiger partial charge in [0.1, 0.15) is 0 Å². The van der Waals surface area contributed by atoms with Gasteiger partial charge in [0.25, 0.3) is 5.91 Å². The van der Waals surface area contributed by atoms with Crippen LogP contribution in [0.4, 0.5) is 17.1 Å². The number of hydrogen-bond acceptors (Lipinski definition) is 5. The molecule has 0 saturated heterocycles. The monoisotopic (exact) mass is 381 g/mol. The van der Waals surface area contributed by atoms with Crippen LogP contribution in [0.1, 0.15) is 23.7 Å². The minimum absolute atomic E-state index is 0.159. The van der Waals surface area contributed by atoms with E-state index < -0.39 is 12.6 Å². The van der Waals surface area contributed by atoms with Gasteiger partial charge in [-0.15, -0.1) is 0 Å². The van der Waals surface area contributed by atoms with Gasteiger partial charge in [0, 0.05) is 32.2 Å². The molecule has 0 radical (unpaired) electrons. The first-order chi connectivity index (χ1) is 13.4. The summed E-state index contributed by atoms with van der Waals surface area (Å²) in [4.78, 5) is 40.5. The van der Waals surface area contributed by atoms with E-state index in [2.05, 4.69) is 5.32 Å². The van der Waals surface area contributed by atoms with Gasteiger partial charge in [-0.3, -0.25) is 9.59 Å². The molecule has 1 atom stereocenters. The molecule has 0 aliphatic carbocycles. The van der Waals surface area contributed by atoms with Crippen LogP contribution >= 0.6 is 0 Å². The summed E-state index contributed by atoms with van der Waals surface area (Å²) in [6.45, 7) is 1.39. The number of nitrogens with one attached hydrogen (secondary N) is 1. The van der Waals surface area contributed by atoms with Crippen LogP contribution in [0.2, 0.25) is 0 Å². The Hall–Kier alpha value is -3.35. The Morgan fingerprint density at radius 3 is 2.50 bits per heavy atom. The Kier molecular flexibility index (Phi) is 5.63. The number of anilines is 3. The molecule has 2 aromatic rings. The number of ether oxygens (including phenoxy) is 1. The number of rotatable bonds is 4. The van der Waals surface area contributed by atoms with Crippen LogP contribution in [0.5, 0.6) is 0 Å². The fraction of sp³-hybridized carbons (Fsp3) is 0.286. The normalized spacial score (nSPS) is 15.9. The average molecular weight is 381 g/mol. The summed E-state index contributed by atoms with van der Waals surface area (Å²) < 4.78 is 5.23. The number of esters is 1. The van der Waals surface area contributed by atoms with Gasteiger partial charge in [-0.2, -0.15) is 0 Å². The van der Waals surface area contributed by atoms with Gasteiger partial charge in [0.05, 0.1) is 16.9 Å². The summed E-state index contributed by atoms with van der Waals surface area (Å²) in [5.74, 6) is -1.11. The second-order valence-electron chi connectivity index (χ2n) is 6.90. The third-order valence-corrected chi connectivity index (χ3v) is 4.57. The summed E-state index contributed by atoms with van der Waals surface area (Å²) >= 11 is 0. The molecule has 146 valence electrons. The molecule has 7 heteroatoms. The summed E-state index contributed by atoms with van der Waals surface area (Å²) in [6.07, 6.45) is 0.167. The Labute approximate surface area is 163 Å². The fourth-order valence-corrected chi connectivity index (χ4v) is 3.14. The minimum Gasteiger partial charge on any atom is -0.452 e. The topological polar surface area (TPSA) is 79.0 Å². The summed E-state index contributed by atoms with van der Waals surface area (Å²) in [5, 5.41) is 2.80. The summed E-state index contributed by atoms with van der Waals surface area (Å²) in [6, 6.07) is 13.7. The highest BCUT2D eigenvalue weighted by atomic mass is 16.5. The maximum atomic E-state index is 12.8. The fourth-order valence-electron chi connectivity index (χ4n) is 3.14. The first-order valence-corrected chi connectivity index (χ1v) is 9.02. The van der Waals surface area contributed by atoms with Crippen LogP contribution in [0.25, 0.3) is 0 Å². The minimum atomic E-state index is -0.566. The summed E-state index contributed by atoms with van der Waals surface area (Å²) in [7, 11) is 3.82. The van der Waals surface area contributed by atoms with Crippen molar-refractivity contribution in [1.82, 2.24) is 0 Å². The zero-order valence-corrected chi connectivity index (χ0v) is 16.1. The van der Waals surface area contributed by atoms with E-state index in [1.54, 1.807) is 43.3 Å². The number of hydrogen-bond donors (Lipinski definition) is 1. The van der Waals surface area contributed by atoms with Gasteiger partial charge in [-0.05, 0) is 43.3 Å².